The van der Waals surface area contributed by atoms with Crippen molar-refractivity contribution >= 4 is 5.97 Å². The van der Waals surface area contributed by atoms with E-state index < -0.39 is 30.6 Å². The summed E-state index contributed by atoms with van der Waals surface area (Å²) < 4.78 is 15.0. The fourth-order valence-electron chi connectivity index (χ4n) is 1.77. The van der Waals surface area contributed by atoms with Gasteiger partial charge < -0.3 is 24.4 Å². The molecule has 2 rings (SSSR count). The van der Waals surface area contributed by atoms with Gasteiger partial charge in [0.2, 0.25) is 0 Å². The molecule has 4 atom stereocenters. The average Bonchev–Trinajstić information content (AvgIpc) is 2.73. The first-order valence-electron chi connectivity index (χ1n) is 5.75. The van der Waals surface area contributed by atoms with Crippen molar-refractivity contribution in [3.8, 4) is 0 Å². The van der Waals surface area contributed by atoms with Crippen LogP contribution in [0.1, 0.15) is 10.4 Å². The van der Waals surface area contributed by atoms with Gasteiger partial charge in [-0.1, -0.05) is 0 Å². The Morgan fingerprint density at radius 1 is 1.47 bits per heavy atom. The van der Waals surface area contributed by atoms with Crippen LogP contribution in [-0.2, 0) is 14.2 Å². The number of methoxy groups -OCH3 is 1. The van der Waals surface area contributed by atoms with Gasteiger partial charge >= 0.3 is 5.97 Å². The number of hydrogen-bond donors (Lipinski definition) is 2. The second kappa shape index (κ2) is 6.07. The smallest absolute Gasteiger partial charge is 0.339 e. The normalized spacial score (nSPS) is 30.3. The number of hydrogen-bond acceptors (Lipinski definition) is 7. The van der Waals surface area contributed by atoms with Crippen LogP contribution in [0.3, 0.4) is 0 Å². The molecule has 1 aromatic rings. The summed E-state index contributed by atoms with van der Waals surface area (Å²) in [6, 6.07) is 3.18. The molecular formula is C12H15NO6. The van der Waals surface area contributed by atoms with Crippen molar-refractivity contribution in [3.63, 3.8) is 0 Å². The lowest BCUT2D eigenvalue weighted by Gasteiger charge is -2.14. The quantitative estimate of drug-likeness (QED) is 0.699. The molecule has 1 aliphatic heterocycles. The summed E-state index contributed by atoms with van der Waals surface area (Å²) in [6.45, 7) is -0.175. The maximum Gasteiger partial charge on any atom is 0.339 e. The Hall–Kier alpha value is -1.54. The second-order valence-electron chi connectivity index (χ2n) is 4.10. The number of aromatic nitrogens is 1. The highest BCUT2D eigenvalue weighted by atomic mass is 16.7. The van der Waals surface area contributed by atoms with Crippen LogP contribution in [0.15, 0.2) is 24.5 Å². The molecule has 0 saturated carbocycles. The number of rotatable bonds is 4. The van der Waals surface area contributed by atoms with Crippen LogP contribution >= 0.6 is 0 Å². The Morgan fingerprint density at radius 2 is 2.26 bits per heavy atom. The molecule has 7 nitrogen and oxygen atoms in total. The van der Waals surface area contributed by atoms with Gasteiger partial charge in [-0.15, -0.1) is 0 Å². The van der Waals surface area contributed by atoms with E-state index in [1.54, 1.807) is 18.3 Å². The molecule has 1 aliphatic rings. The number of carbonyl (C=O) groups is 1. The third-order valence-corrected chi connectivity index (χ3v) is 2.83. The van der Waals surface area contributed by atoms with Crippen molar-refractivity contribution < 1.29 is 29.2 Å². The summed E-state index contributed by atoms with van der Waals surface area (Å²) >= 11 is 0. The van der Waals surface area contributed by atoms with Gasteiger partial charge in [0.15, 0.2) is 6.29 Å². The van der Waals surface area contributed by atoms with Crippen LogP contribution in [0.25, 0.3) is 0 Å². The standard InChI is InChI=1S/C12H15NO6/c1-17-12-10(15)9(14)8(19-12)6-18-11(16)7-3-2-4-13-5-7/h2-5,8-10,12,14-15H,6H2,1H3/t8-,9+,10-,12?/m1/s1. The van der Waals surface area contributed by atoms with E-state index in [0.29, 0.717) is 5.56 Å². The first-order chi connectivity index (χ1) is 9.13. The molecule has 0 radical (unpaired) electrons. The summed E-state index contributed by atoms with van der Waals surface area (Å²) in [5.74, 6) is -0.570. The molecule has 0 aromatic carbocycles. The molecule has 19 heavy (non-hydrogen) atoms. The van der Waals surface area contributed by atoms with Gasteiger partial charge in [-0.25, -0.2) is 4.79 Å². The van der Waals surface area contributed by atoms with Gasteiger partial charge in [-0.2, -0.15) is 0 Å². The molecule has 7 heteroatoms. The van der Waals surface area contributed by atoms with E-state index in [2.05, 4.69) is 4.98 Å². The third kappa shape index (κ3) is 3.07. The van der Waals surface area contributed by atoms with Crippen LogP contribution in [0.2, 0.25) is 0 Å². The number of ether oxygens (including phenoxy) is 3. The van der Waals surface area contributed by atoms with Crippen LogP contribution in [0, 0.1) is 0 Å². The van der Waals surface area contributed by atoms with Crippen LogP contribution < -0.4 is 0 Å². The lowest BCUT2D eigenvalue weighted by Crippen LogP contribution is -2.35. The van der Waals surface area contributed by atoms with Crippen molar-refractivity contribution in [2.24, 2.45) is 0 Å². The Balaban J connectivity index is 1.88. The minimum Gasteiger partial charge on any atom is -0.459 e. The minimum absolute atomic E-state index is 0.175. The van der Waals surface area contributed by atoms with Gasteiger partial charge in [0.1, 0.15) is 24.9 Å². The highest BCUT2D eigenvalue weighted by molar-refractivity contribution is 5.88. The zero-order valence-corrected chi connectivity index (χ0v) is 10.3. The predicted molar refractivity (Wildman–Crippen MR) is 62.2 cm³/mol. The molecule has 1 saturated heterocycles. The first kappa shape index (κ1) is 13.9. The van der Waals surface area contributed by atoms with Gasteiger partial charge in [0.25, 0.3) is 0 Å². The third-order valence-electron chi connectivity index (χ3n) is 2.83. The predicted octanol–water partition coefficient (Wildman–Crippen LogP) is -0.669. The SMILES string of the molecule is COC1O[C@H](COC(=O)c2cccnc2)[C@H](O)[C@H]1O. The molecule has 0 spiro atoms. The lowest BCUT2D eigenvalue weighted by molar-refractivity contribution is -0.153. The van der Waals surface area contributed by atoms with Crippen LogP contribution in [0.4, 0.5) is 0 Å². The van der Waals surface area contributed by atoms with E-state index in [0.717, 1.165) is 0 Å². The average molecular weight is 269 g/mol. The molecule has 1 fully saturated rings. The molecule has 1 unspecified atom stereocenters. The Labute approximate surface area is 109 Å². The fraction of sp³-hybridized carbons (Fsp3) is 0.500. The number of esters is 1. The van der Waals surface area contributed by atoms with E-state index in [1.165, 1.54) is 13.3 Å². The molecule has 0 aliphatic carbocycles. The van der Waals surface area contributed by atoms with E-state index in [9.17, 15) is 15.0 Å². The monoisotopic (exact) mass is 269 g/mol. The topological polar surface area (TPSA) is 98.1 Å². The highest BCUT2D eigenvalue weighted by Gasteiger charge is 2.43. The molecule has 1 aromatic heterocycles. The van der Waals surface area contributed by atoms with E-state index in [-0.39, 0.29) is 6.61 Å². The zero-order chi connectivity index (χ0) is 13.8. The number of aliphatic hydroxyl groups excluding tert-OH is 2. The molecule has 104 valence electrons. The maximum atomic E-state index is 11.6. The Bertz CT molecular complexity index is 425. The summed E-state index contributed by atoms with van der Waals surface area (Å²) in [5, 5.41) is 19.2. The summed E-state index contributed by atoms with van der Waals surface area (Å²) in [7, 11) is 1.35. The Morgan fingerprint density at radius 3 is 2.84 bits per heavy atom. The van der Waals surface area contributed by atoms with Gasteiger partial charge in [0, 0.05) is 19.5 Å². The summed E-state index contributed by atoms with van der Waals surface area (Å²) in [6.07, 6.45) is -1.14. The number of nitrogens with zero attached hydrogens (tertiary/aromatic N) is 1. The van der Waals surface area contributed by atoms with Crippen molar-refractivity contribution in [1.82, 2.24) is 4.98 Å². The zero-order valence-electron chi connectivity index (χ0n) is 10.3. The molecule has 2 N–H and O–H groups in total. The molecule has 0 amide bonds. The number of carbonyl (C=O) groups excluding carboxylic acids is 1. The van der Waals surface area contributed by atoms with Crippen molar-refractivity contribution in [2.75, 3.05) is 13.7 Å². The van der Waals surface area contributed by atoms with E-state index >= 15 is 0 Å². The minimum atomic E-state index is -1.16. The fourth-order valence-corrected chi connectivity index (χ4v) is 1.77. The molecular weight excluding hydrogens is 254 g/mol. The maximum absolute atomic E-state index is 11.6. The van der Waals surface area contributed by atoms with Crippen LogP contribution in [0.5, 0.6) is 0 Å². The second-order valence-corrected chi connectivity index (χ2v) is 4.10. The highest BCUT2D eigenvalue weighted by Crippen LogP contribution is 2.22. The lowest BCUT2D eigenvalue weighted by atomic mass is 10.1. The number of pyridine rings is 1. The summed E-state index contributed by atoms with van der Waals surface area (Å²) in [5.41, 5.74) is 0.304. The van der Waals surface area contributed by atoms with Gasteiger partial charge in [-0.3, -0.25) is 4.98 Å². The van der Waals surface area contributed by atoms with Crippen LogP contribution in [-0.4, -0.2) is 59.5 Å². The largest absolute Gasteiger partial charge is 0.459 e. The molecule has 0 bridgehead atoms. The number of aliphatic hydroxyl groups is 2. The first-order valence-corrected chi connectivity index (χ1v) is 5.75. The van der Waals surface area contributed by atoms with Crippen molar-refractivity contribution in [1.29, 1.82) is 0 Å². The van der Waals surface area contributed by atoms with Crippen molar-refractivity contribution in [3.05, 3.63) is 30.1 Å². The Kier molecular flexibility index (Phi) is 4.43. The van der Waals surface area contributed by atoms with Gasteiger partial charge in [-0.05, 0) is 12.1 Å². The van der Waals surface area contributed by atoms with E-state index in [4.69, 9.17) is 14.2 Å². The van der Waals surface area contributed by atoms with Crippen molar-refractivity contribution in [2.45, 2.75) is 24.6 Å². The van der Waals surface area contributed by atoms with E-state index in [1.807, 2.05) is 0 Å². The summed E-state index contributed by atoms with van der Waals surface area (Å²) in [4.78, 5) is 15.4. The molecule has 2 heterocycles. The van der Waals surface area contributed by atoms with Gasteiger partial charge in [0.05, 0.1) is 5.56 Å².